The molecule has 0 aliphatic heterocycles. The Labute approximate surface area is 166 Å². The number of benzene rings is 2. The number of hydrogen-bond acceptors (Lipinski definition) is 8. The molecule has 2 N–H and O–H groups in total. The van der Waals surface area contributed by atoms with Crippen molar-refractivity contribution in [1.82, 2.24) is 20.3 Å². The molecule has 0 aliphatic carbocycles. The maximum absolute atomic E-state index is 9.56. The van der Waals surface area contributed by atoms with Crippen LogP contribution in [0.5, 0.6) is 5.88 Å². The van der Waals surface area contributed by atoms with E-state index in [4.69, 9.17) is 9.84 Å². The Balaban J connectivity index is 1.58. The van der Waals surface area contributed by atoms with E-state index in [-0.39, 0.29) is 23.8 Å². The molecule has 29 heavy (non-hydrogen) atoms. The van der Waals surface area contributed by atoms with Crippen LogP contribution in [-0.4, -0.2) is 49.8 Å². The predicted octanol–water partition coefficient (Wildman–Crippen LogP) is 2.31. The maximum Gasteiger partial charge on any atom is 0.246 e. The van der Waals surface area contributed by atoms with Gasteiger partial charge in [-0.05, 0) is 33.9 Å². The Morgan fingerprint density at radius 2 is 1.55 bits per heavy atom. The van der Waals surface area contributed by atoms with Gasteiger partial charge in [-0.3, -0.25) is 0 Å². The fraction of sp³-hybridized carbons (Fsp3) is 0.238. The fourth-order valence-corrected chi connectivity index (χ4v) is 2.87. The summed E-state index contributed by atoms with van der Waals surface area (Å²) in [6.45, 7) is 1.55. The molecule has 2 heterocycles. The molecule has 0 spiro atoms. The average molecular weight is 392 g/mol. The van der Waals surface area contributed by atoms with E-state index < -0.39 is 12.7 Å². The summed E-state index contributed by atoms with van der Waals surface area (Å²) in [7, 11) is 0. The lowest BCUT2D eigenvalue weighted by Gasteiger charge is -2.12. The molecule has 8 heteroatoms. The van der Waals surface area contributed by atoms with Gasteiger partial charge in [-0.25, -0.2) is 9.61 Å². The Hall–Kier alpha value is -3.36. The predicted molar refractivity (Wildman–Crippen MR) is 105 cm³/mol. The van der Waals surface area contributed by atoms with Crippen LogP contribution >= 0.6 is 0 Å². The number of rotatable bonds is 7. The highest BCUT2D eigenvalue weighted by Gasteiger charge is 2.16. The van der Waals surface area contributed by atoms with Crippen molar-refractivity contribution in [3.63, 3.8) is 0 Å². The number of fused-ring (bicyclic) bond motifs is 1. The molecule has 8 nitrogen and oxygen atoms in total. The van der Waals surface area contributed by atoms with Gasteiger partial charge in [0.15, 0.2) is 0 Å². The molecule has 1 atom stereocenters. The fourth-order valence-electron chi connectivity index (χ4n) is 2.87. The number of aryl methyl sites for hydroxylation is 1. The highest BCUT2D eigenvalue weighted by Crippen LogP contribution is 2.24. The first kappa shape index (κ1) is 19.0. The average Bonchev–Trinajstić information content (AvgIpc) is 3.20. The van der Waals surface area contributed by atoms with Crippen LogP contribution in [0.3, 0.4) is 0 Å². The molecule has 2 aromatic carbocycles. The number of hydrogen-bond donors (Lipinski definition) is 2. The van der Waals surface area contributed by atoms with Gasteiger partial charge in [-0.2, -0.15) is 4.98 Å². The minimum absolute atomic E-state index is 0.110. The van der Waals surface area contributed by atoms with E-state index in [0.717, 1.165) is 16.7 Å². The van der Waals surface area contributed by atoms with Gasteiger partial charge in [0.25, 0.3) is 0 Å². The van der Waals surface area contributed by atoms with Gasteiger partial charge in [-0.1, -0.05) is 54.1 Å². The summed E-state index contributed by atoms with van der Waals surface area (Å²) in [6.07, 6.45) is -0.557. The topological polar surface area (TPSA) is 114 Å². The summed E-state index contributed by atoms with van der Waals surface area (Å²) in [4.78, 5) is 8.69. The first-order valence-electron chi connectivity index (χ1n) is 9.19. The van der Waals surface area contributed by atoms with E-state index >= 15 is 0 Å². The van der Waals surface area contributed by atoms with Gasteiger partial charge in [0.05, 0.1) is 6.61 Å². The van der Waals surface area contributed by atoms with E-state index in [0.29, 0.717) is 12.1 Å². The summed E-state index contributed by atoms with van der Waals surface area (Å²) in [5.41, 5.74) is 5.56. The van der Waals surface area contributed by atoms with Crippen LogP contribution in [0, 0.1) is 6.92 Å². The second-order valence-corrected chi connectivity index (χ2v) is 6.77. The lowest BCUT2D eigenvalue weighted by molar-refractivity contribution is 0.0517. The molecule has 148 valence electrons. The van der Waals surface area contributed by atoms with Crippen LogP contribution in [0.1, 0.15) is 16.8 Å². The summed E-state index contributed by atoms with van der Waals surface area (Å²) >= 11 is 0. The van der Waals surface area contributed by atoms with Crippen molar-refractivity contribution in [3.8, 4) is 17.0 Å². The van der Waals surface area contributed by atoms with Gasteiger partial charge < -0.3 is 14.9 Å². The van der Waals surface area contributed by atoms with Crippen molar-refractivity contribution < 1.29 is 19.6 Å². The Morgan fingerprint density at radius 3 is 2.21 bits per heavy atom. The van der Waals surface area contributed by atoms with Crippen LogP contribution in [0.15, 0.2) is 53.2 Å². The number of ether oxygens (including phenoxy) is 1. The SMILES string of the molecule is Cc1ccc(-c2ccc(Cc3nc4nonc4nc3OCC(O)CO)cc2)cc1. The van der Waals surface area contributed by atoms with Crippen molar-refractivity contribution in [1.29, 1.82) is 0 Å². The van der Waals surface area contributed by atoms with E-state index in [2.05, 4.69) is 68.2 Å². The molecule has 4 aromatic rings. The monoisotopic (exact) mass is 392 g/mol. The van der Waals surface area contributed by atoms with E-state index in [1.54, 1.807) is 0 Å². The number of aliphatic hydroxyl groups excluding tert-OH is 2. The highest BCUT2D eigenvalue weighted by molar-refractivity contribution is 5.65. The summed E-state index contributed by atoms with van der Waals surface area (Å²) in [5.74, 6) is 0.225. The third-order valence-electron chi connectivity index (χ3n) is 4.48. The van der Waals surface area contributed by atoms with Crippen molar-refractivity contribution >= 4 is 11.3 Å². The van der Waals surface area contributed by atoms with Gasteiger partial charge >= 0.3 is 0 Å². The van der Waals surface area contributed by atoms with E-state index in [1.807, 2.05) is 12.1 Å². The van der Waals surface area contributed by atoms with Crippen LogP contribution in [0.2, 0.25) is 0 Å². The Morgan fingerprint density at radius 1 is 0.931 bits per heavy atom. The van der Waals surface area contributed by atoms with E-state index in [1.165, 1.54) is 5.56 Å². The van der Waals surface area contributed by atoms with Crippen molar-refractivity contribution in [3.05, 3.63) is 65.4 Å². The molecule has 0 aliphatic rings. The zero-order valence-corrected chi connectivity index (χ0v) is 15.8. The zero-order chi connectivity index (χ0) is 20.2. The van der Waals surface area contributed by atoms with Crippen molar-refractivity contribution in [2.75, 3.05) is 13.2 Å². The maximum atomic E-state index is 9.56. The highest BCUT2D eigenvalue weighted by atomic mass is 16.6. The van der Waals surface area contributed by atoms with Crippen LogP contribution in [0.4, 0.5) is 0 Å². The molecular weight excluding hydrogens is 372 g/mol. The van der Waals surface area contributed by atoms with Gasteiger partial charge in [0.1, 0.15) is 18.4 Å². The molecular formula is C21H20N4O4. The second kappa shape index (κ2) is 8.34. The van der Waals surface area contributed by atoms with Gasteiger partial charge in [0.2, 0.25) is 17.2 Å². The van der Waals surface area contributed by atoms with Crippen LogP contribution < -0.4 is 4.74 Å². The molecule has 4 rings (SSSR count). The van der Waals surface area contributed by atoms with Crippen molar-refractivity contribution in [2.24, 2.45) is 0 Å². The normalized spacial score (nSPS) is 12.2. The molecule has 0 fully saturated rings. The van der Waals surface area contributed by atoms with Crippen LogP contribution in [-0.2, 0) is 6.42 Å². The largest absolute Gasteiger partial charge is 0.473 e. The molecule has 0 saturated carbocycles. The zero-order valence-electron chi connectivity index (χ0n) is 15.8. The molecule has 0 saturated heterocycles. The quantitative estimate of drug-likeness (QED) is 0.492. The van der Waals surface area contributed by atoms with Crippen molar-refractivity contribution in [2.45, 2.75) is 19.4 Å². The summed E-state index contributed by atoms with van der Waals surface area (Å²) < 4.78 is 10.2. The Kier molecular flexibility index (Phi) is 5.46. The second-order valence-electron chi connectivity index (χ2n) is 6.77. The summed E-state index contributed by atoms with van der Waals surface area (Å²) in [5, 5.41) is 26.0. The third-order valence-corrected chi connectivity index (χ3v) is 4.48. The summed E-state index contributed by atoms with van der Waals surface area (Å²) in [6, 6.07) is 16.5. The third kappa shape index (κ3) is 4.39. The lowest BCUT2D eigenvalue weighted by Crippen LogP contribution is -2.22. The smallest absolute Gasteiger partial charge is 0.246 e. The van der Waals surface area contributed by atoms with Gasteiger partial charge in [-0.15, -0.1) is 0 Å². The molecule has 0 radical (unpaired) electrons. The van der Waals surface area contributed by atoms with Crippen LogP contribution in [0.25, 0.3) is 22.4 Å². The molecule has 1 unspecified atom stereocenters. The minimum atomic E-state index is -1.01. The number of aromatic nitrogens is 4. The Bertz CT molecular complexity index is 1090. The standard InChI is InChI=1S/C21H20N4O4/c1-13-2-6-15(7-3-13)16-8-4-14(5-9-16)10-18-21(28-12-17(27)11-26)23-20-19(22-18)24-29-25-20/h2-9,17,26-27H,10-12H2,1H3. The van der Waals surface area contributed by atoms with Gasteiger partial charge in [0, 0.05) is 6.42 Å². The molecule has 0 amide bonds. The van der Waals surface area contributed by atoms with E-state index in [9.17, 15) is 5.11 Å². The first-order chi connectivity index (χ1) is 14.1. The minimum Gasteiger partial charge on any atom is -0.473 e. The number of aliphatic hydroxyl groups is 2. The molecule has 0 bridgehead atoms. The lowest BCUT2D eigenvalue weighted by atomic mass is 10.0. The number of nitrogens with zero attached hydrogens (tertiary/aromatic N) is 4. The first-order valence-corrected chi connectivity index (χ1v) is 9.19. The molecule has 2 aromatic heterocycles.